The number of hydrogen-bond acceptors (Lipinski definition) is 4. The zero-order valence-electron chi connectivity index (χ0n) is 14.6. The van der Waals surface area contributed by atoms with E-state index in [9.17, 15) is 17.6 Å². The molecule has 3 N–H and O–H groups in total. The number of nitrogens with one attached hydrogen (secondary N) is 1. The smallest absolute Gasteiger partial charge is 0.240 e. The number of rotatable bonds is 6. The number of piperidine rings is 1. The van der Waals surface area contributed by atoms with E-state index >= 15 is 0 Å². The van der Waals surface area contributed by atoms with Crippen molar-refractivity contribution in [3.63, 3.8) is 0 Å². The zero-order chi connectivity index (χ0) is 18.6. The van der Waals surface area contributed by atoms with Gasteiger partial charge in [0.15, 0.2) is 0 Å². The number of benzene rings is 1. The fourth-order valence-electron chi connectivity index (χ4n) is 3.04. The van der Waals surface area contributed by atoms with Crippen molar-refractivity contribution in [1.29, 1.82) is 0 Å². The number of sulfonamides is 1. The van der Waals surface area contributed by atoms with Gasteiger partial charge < -0.3 is 10.6 Å². The van der Waals surface area contributed by atoms with Crippen LogP contribution in [0.5, 0.6) is 0 Å². The first kappa shape index (κ1) is 19.8. The van der Waals surface area contributed by atoms with Crippen molar-refractivity contribution in [2.24, 2.45) is 11.7 Å². The maximum Gasteiger partial charge on any atom is 0.240 e. The lowest BCUT2D eigenvalue weighted by Gasteiger charge is -2.34. The Labute approximate surface area is 148 Å². The van der Waals surface area contributed by atoms with Gasteiger partial charge in [0.05, 0.1) is 10.9 Å². The van der Waals surface area contributed by atoms with Crippen LogP contribution in [0.15, 0.2) is 29.2 Å². The third-order valence-corrected chi connectivity index (χ3v) is 5.72. The highest BCUT2D eigenvalue weighted by molar-refractivity contribution is 7.89. The predicted octanol–water partition coefficient (Wildman–Crippen LogP) is 1.47. The highest BCUT2D eigenvalue weighted by Gasteiger charge is 2.30. The predicted molar refractivity (Wildman–Crippen MR) is 93.8 cm³/mol. The molecule has 2 atom stereocenters. The molecule has 1 aliphatic rings. The molecular formula is C17H26FN3O3S. The summed E-state index contributed by atoms with van der Waals surface area (Å²) in [6.07, 6.45) is 1.91. The van der Waals surface area contributed by atoms with E-state index in [1.54, 1.807) is 4.90 Å². The molecule has 1 unspecified atom stereocenters. The van der Waals surface area contributed by atoms with Crippen LogP contribution < -0.4 is 10.5 Å². The highest BCUT2D eigenvalue weighted by atomic mass is 32.2. The van der Waals surface area contributed by atoms with Gasteiger partial charge >= 0.3 is 0 Å². The lowest BCUT2D eigenvalue weighted by molar-refractivity contribution is -0.134. The van der Waals surface area contributed by atoms with E-state index < -0.39 is 27.9 Å². The molecule has 0 bridgehead atoms. The van der Waals surface area contributed by atoms with Crippen LogP contribution in [0.3, 0.4) is 0 Å². The van der Waals surface area contributed by atoms with Gasteiger partial charge in [-0.05, 0) is 43.4 Å². The molecule has 0 spiro atoms. The van der Waals surface area contributed by atoms with E-state index in [2.05, 4.69) is 4.72 Å². The fraction of sp³-hybridized carbons (Fsp3) is 0.588. The normalized spacial score (nSPS) is 19.9. The Kier molecular flexibility index (Phi) is 6.53. The number of halogens is 1. The number of amides is 1. The molecule has 0 saturated carbocycles. The summed E-state index contributed by atoms with van der Waals surface area (Å²) in [6.45, 7) is 4.85. The average Bonchev–Trinajstić information content (AvgIpc) is 2.53. The van der Waals surface area contributed by atoms with Crippen molar-refractivity contribution < 1.29 is 17.6 Å². The standard InChI is InChI=1S/C17H26FN3O3S/c1-12(2)9-16(19)17(22)21-8-4-6-14(11-21)20-25(23,24)15-7-3-5-13(18)10-15/h3,5,7,10,12,14,16,20H,4,6,8-9,11,19H2,1-2H3/t14?,16-/m0/s1. The summed E-state index contributed by atoms with van der Waals surface area (Å²) in [7, 11) is -3.83. The molecule has 0 aromatic heterocycles. The van der Waals surface area contributed by atoms with Crippen molar-refractivity contribution in [2.45, 2.75) is 50.1 Å². The van der Waals surface area contributed by atoms with Crippen LogP contribution in [0.4, 0.5) is 4.39 Å². The van der Waals surface area contributed by atoms with Crippen molar-refractivity contribution in [1.82, 2.24) is 9.62 Å². The molecule has 6 nitrogen and oxygen atoms in total. The molecule has 8 heteroatoms. The maximum absolute atomic E-state index is 13.3. The number of nitrogens with zero attached hydrogens (tertiary/aromatic N) is 1. The number of likely N-dealkylation sites (tertiary alicyclic amines) is 1. The number of carbonyl (C=O) groups excluding carboxylic acids is 1. The summed E-state index contributed by atoms with van der Waals surface area (Å²) < 4.78 is 40.7. The van der Waals surface area contributed by atoms with Gasteiger partial charge in [0.2, 0.25) is 15.9 Å². The maximum atomic E-state index is 13.3. The minimum atomic E-state index is -3.83. The summed E-state index contributed by atoms with van der Waals surface area (Å²) in [5, 5.41) is 0. The molecule has 1 heterocycles. The lowest BCUT2D eigenvalue weighted by atomic mass is 10.0. The average molecular weight is 371 g/mol. The Balaban J connectivity index is 2.02. The van der Waals surface area contributed by atoms with Crippen molar-refractivity contribution in [2.75, 3.05) is 13.1 Å². The van der Waals surface area contributed by atoms with Gasteiger partial charge in [-0.15, -0.1) is 0 Å². The Morgan fingerprint density at radius 2 is 2.16 bits per heavy atom. The molecule has 140 valence electrons. The molecular weight excluding hydrogens is 345 g/mol. The molecule has 1 amide bonds. The number of hydrogen-bond donors (Lipinski definition) is 2. The van der Waals surface area contributed by atoms with Crippen molar-refractivity contribution >= 4 is 15.9 Å². The van der Waals surface area contributed by atoms with E-state index in [0.717, 1.165) is 6.07 Å². The van der Waals surface area contributed by atoms with Crippen LogP contribution in [0.2, 0.25) is 0 Å². The van der Waals surface area contributed by atoms with Crippen LogP contribution in [-0.4, -0.2) is 44.4 Å². The van der Waals surface area contributed by atoms with E-state index in [1.807, 2.05) is 13.8 Å². The monoisotopic (exact) mass is 371 g/mol. The topological polar surface area (TPSA) is 92.5 Å². The number of nitrogens with two attached hydrogens (primary N) is 1. The van der Waals surface area contributed by atoms with Crippen molar-refractivity contribution in [3.05, 3.63) is 30.1 Å². The quantitative estimate of drug-likeness (QED) is 0.792. The third-order valence-electron chi connectivity index (χ3n) is 4.20. The Morgan fingerprint density at radius 3 is 2.80 bits per heavy atom. The molecule has 0 radical (unpaired) electrons. The van der Waals surface area contributed by atoms with Gasteiger partial charge in [-0.3, -0.25) is 4.79 Å². The SMILES string of the molecule is CC(C)C[C@H](N)C(=O)N1CCCC(NS(=O)(=O)c2cccc(F)c2)C1. The van der Waals surface area contributed by atoms with Gasteiger partial charge in [0.1, 0.15) is 5.82 Å². The van der Waals surface area contributed by atoms with E-state index in [1.165, 1.54) is 18.2 Å². The Morgan fingerprint density at radius 1 is 1.44 bits per heavy atom. The minimum absolute atomic E-state index is 0.118. The summed E-state index contributed by atoms with van der Waals surface area (Å²) in [6, 6.07) is 3.89. The molecule has 1 saturated heterocycles. The Hall–Kier alpha value is -1.51. The summed E-state index contributed by atoms with van der Waals surface area (Å²) in [4.78, 5) is 13.9. The molecule has 2 rings (SSSR count). The van der Waals surface area contributed by atoms with Crippen LogP contribution in [0.1, 0.15) is 33.1 Å². The molecule has 1 aliphatic heterocycles. The molecule has 1 aromatic rings. The van der Waals surface area contributed by atoms with Gasteiger partial charge in [0.25, 0.3) is 0 Å². The van der Waals surface area contributed by atoms with Crippen LogP contribution in [0.25, 0.3) is 0 Å². The van der Waals surface area contributed by atoms with E-state index in [0.29, 0.717) is 31.7 Å². The largest absolute Gasteiger partial charge is 0.340 e. The molecule has 25 heavy (non-hydrogen) atoms. The molecule has 1 fully saturated rings. The second-order valence-electron chi connectivity index (χ2n) is 6.94. The van der Waals surface area contributed by atoms with Crippen LogP contribution >= 0.6 is 0 Å². The lowest BCUT2D eigenvalue weighted by Crippen LogP contribution is -2.53. The second-order valence-corrected chi connectivity index (χ2v) is 8.65. The van der Waals surface area contributed by atoms with Gasteiger partial charge in [-0.1, -0.05) is 19.9 Å². The zero-order valence-corrected chi connectivity index (χ0v) is 15.4. The van der Waals surface area contributed by atoms with Crippen molar-refractivity contribution in [3.8, 4) is 0 Å². The summed E-state index contributed by atoms with van der Waals surface area (Å²) in [5.41, 5.74) is 5.96. The van der Waals surface area contributed by atoms with Gasteiger partial charge in [0, 0.05) is 19.1 Å². The highest BCUT2D eigenvalue weighted by Crippen LogP contribution is 2.17. The third kappa shape index (κ3) is 5.49. The first-order valence-corrected chi connectivity index (χ1v) is 9.99. The number of carbonyl (C=O) groups is 1. The first-order chi connectivity index (χ1) is 11.7. The summed E-state index contributed by atoms with van der Waals surface area (Å²) in [5.74, 6) is -0.447. The van der Waals surface area contributed by atoms with Gasteiger partial charge in [-0.25, -0.2) is 17.5 Å². The fourth-order valence-corrected chi connectivity index (χ4v) is 4.33. The summed E-state index contributed by atoms with van der Waals surface area (Å²) >= 11 is 0. The van der Waals surface area contributed by atoms with Crippen LogP contribution in [0, 0.1) is 11.7 Å². The van der Waals surface area contributed by atoms with Crippen LogP contribution in [-0.2, 0) is 14.8 Å². The second kappa shape index (κ2) is 8.25. The van der Waals surface area contributed by atoms with E-state index in [-0.39, 0.29) is 17.3 Å². The Bertz CT molecular complexity index is 709. The van der Waals surface area contributed by atoms with E-state index in [4.69, 9.17) is 5.73 Å². The van der Waals surface area contributed by atoms with Gasteiger partial charge in [-0.2, -0.15) is 0 Å². The minimum Gasteiger partial charge on any atom is -0.340 e. The molecule has 0 aliphatic carbocycles. The molecule has 1 aromatic carbocycles. The first-order valence-electron chi connectivity index (χ1n) is 8.51.